The molecule has 0 N–H and O–H groups in total. The molecule has 0 aromatic heterocycles. The highest BCUT2D eigenvalue weighted by Crippen LogP contribution is 2.50. The normalized spacial score (nSPS) is 49.3. The van der Waals surface area contributed by atoms with Gasteiger partial charge in [-0.15, -0.1) is 0 Å². The van der Waals surface area contributed by atoms with E-state index in [-0.39, 0.29) is 0 Å². The molecule has 0 heteroatoms. The number of hydrogen-bond acceptors (Lipinski definition) is 0. The Morgan fingerprint density at radius 3 is 1.25 bits per heavy atom. The first kappa shape index (κ1) is 15.2. The summed E-state index contributed by atoms with van der Waals surface area (Å²) in [7, 11) is 0. The van der Waals surface area contributed by atoms with E-state index in [9.17, 15) is 0 Å². The molecule has 0 heterocycles. The Labute approximate surface area is 147 Å². The van der Waals surface area contributed by atoms with Gasteiger partial charge in [-0.3, -0.25) is 0 Å². The molecule has 2 fully saturated rings. The third kappa shape index (κ3) is 2.76. The minimum absolute atomic E-state index is 0.935. The molecule has 8 atom stereocenters. The molecule has 6 aliphatic rings. The molecule has 6 rings (SSSR count). The average Bonchev–Trinajstić information content (AvgIpc) is 3.46. The summed E-state index contributed by atoms with van der Waals surface area (Å²) in [5, 5.41) is 0. The summed E-state index contributed by atoms with van der Waals surface area (Å²) in [5.74, 6) is 7.70. The molecule has 8 unspecified atom stereocenters. The largest absolute Gasteiger partial charge is 0.0882 e. The van der Waals surface area contributed by atoms with Crippen molar-refractivity contribution in [3.63, 3.8) is 0 Å². The molecule has 2 saturated carbocycles. The smallest absolute Gasteiger partial charge is 0.0194 e. The van der Waals surface area contributed by atoms with E-state index in [0.717, 1.165) is 47.3 Å². The molecule has 128 valence electrons. The maximum atomic E-state index is 2.48. The standard InChI is InChI=1S/2C12H16/c2*1-2-4-10(3-1)12-8-9-5-6-11(12)7-9/h2*1,3,5-6,9-12H,2,4,7-8H2. The van der Waals surface area contributed by atoms with Crippen LogP contribution in [0.25, 0.3) is 0 Å². The third-order valence-corrected chi connectivity index (χ3v) is 7.86. The van der Waals surface area contributed by atoms with Crippen LogP contribution in [-0.2, 0) is 0 Å². The molecule has 0 nitrogen and oxygen atoms in total. The van der Waals surface area contributed by atoms with Crippen LogP contribution in [0, 0.1) is 47.3 Å². The molecule has 0 saturated heterocycles. The number of rotatable bonds is 2. The minimum atomic E-state index is 0.935. The molecule has 24 heavy (non-hydrogen) atoms. The first-order valence-electron chi connectivity index (χ1n) is 10.6. The van der Waals surface area contributed by atoms with Gasteiger partial charge in [0, 0.05) is 0 Å². The predicted octanol–water partition coefficient (Wildman–Crippen LogP) is 6.33. The number of allylic oxidation sites excluding steroid dienone is 8. The first-order valence-corrected chi connectivity index (χ1v) is 10.6. The van der Waals surface area contributed by atoms with Crippen molar-refractivity contribution in [2.45, 2.75) is 51.4 Å². The Balaban J connectivity index is 0.000000109. The number of fused-ring (bicyclic) bond motifs is 4. The molecule has 0 aliphatic heterocycles. The van der Waals surface area contributed by atoms with Gasteiger partial charge in [-0.1, -0.05) is 48.6 Å². The second-order valence-electron chi connectivity index (χ2n) is 9.23. The highest BCUT2D eigenvalue weighted by Gasteiger charge is 2.40. The van der Waals surface area contributed by atoms with Gasteiger partial charge in [0.25, 0.3) is 0 Å². The molecule has 0 amide bonds. The highest BCUT2D eigenvalue weighted by molar-refractivity contribution is 5.15. The van der Waals surface area contributed by atoms with Crippen molar-refractivity contribution in [2.24, 2.45) is 47.3 Å². The Morgan fingerprint density at radius 2 is 0.958 bits per heavy atom. The van der Waals surface area contributed by atoms with Gasteiger partial charge in [0.2, 0.25) is 0 Å². The van der Waals surface area contributed by atoms with Crippen LogP contribution in [0.1, 0.15) is 51.4 Å². The van der Waals surface area contributed by atoms with E-state index in [2.05, 4.69) is 48.6 Å². The summed E-state index contributed by atoms with van der Waals surface area (Å²) in [6.45, 7) is 0. The molecular formula is C24H32. The van der Waals surface area contributed by atoms with E-state index in [1.54, 1.807) is 0 Å². The molecule has 4 bridgehead atoms. The van der Waals surface area contributed by atoms with Crippen LogP contribution in [0.15, 0.2) is 48.6 Å². The van der Waals surface area contributed by atoms with Gasteiger partial charge in [0.05, 0.1) is 0 Å². The summed E-state index contributed by atoms with van der Waals surface area (Å²) in [6.07, 6.45) is 31.0. The van der Waals surface area contributed by atoms with Crippen molar-refractivity contribution in [3.05, 3.63) is 48.6 Å². The second kappa shape index (κ2) is 6.36. The van der Waals surface area contributed by atoms with Crippen molar-refractivity contribution in [1.29, 1.82) is 0 Å². The lowest BCUT2D eigenvalue weighted by Gasteiger charge is -2.23. The second-order valence-corrected chi connectivity index (χ2v) is 9.23. The monoisotopic (exact) mass is 320 g/mol. The van der Waals surface area contributed by atoms with E-state index in [4.69, 9.17) is 0 Å². The topological polar surface area (TPSA) is 0 Å². The number of hydrogen-bond donors (Lipinski definition) is 0. The van der Waals surface area contributed by atoms with E-state index >= 15 is 0 Å². The Hall–Kier alpha value is -1.04. The van der Waals surface area contributed by atoms with E-state index in [1.165, 1.54) is 51.4 Å². The van der Waals surface area contributed by atoms with Crippen molar-refractivity contribution < 1.29 is 0 Å². The van der Waals surface area contributed by atoms with Crippen LogP contribution < -0.4 is 0 Å². The Bertz CT molecular complexity index is 525. The van der Waals surface area contributed by atoms with Crippen LogP contribution in [0.3, 0.4) is 0 Å². The predicted molar refractivity (Wildman–Crippen MR) is 101 cm³/mol. The maximum Gasteiger partial charge on any atom is -0.0194 e. The van der Waals surface area contributed by atoms with Gasteiger partial charge in [-0.05, 0) is 98.7 Å². The quantitative estimate of drug-likeness (QED) is 0.521. The summed E-state index contributed by atoms with van der Waals surface area (Å²) >= 11 is 0. The molecule has 0 spiro atoms. The third-order valence-electron chi connectivity index (χ3n) is 7.86. The summed E-state index contributed by atoms with van der Waals surface area (Å²) in [4.78, 5) is 0. The lowest BCUT2D eigenvalue weighted by atomic mass is 9.82. The van der Waals surface area contributed by atoms with Gasteiger partial charge in [0.1, 0.15) is 0 Å². The average molecular weight is 321 g/mol. The van der Waals surface area contributed by atoms with Crippen LogP contribution >= 0.6 is 0 Å². The SMILES string of the molecule is C1=CC(C2CC3C=CC2C3)CC1.C1=CC(C2CC3C=CC2C3)CC1. The van der Waals surface area contributed by atoms with Crippen molar-refractivity contribution in [2.75, 3.05) is 0 Å². The molecular weight excluding hydrogens is 288 g/mol. The molecule has 0 aromatic rings. The van der Waals surface area contributed by atoms with Crippen LogP contribution in [0.5, 0.6) is 0 Å². The van der Waals surface area contributed by atoms with Crippen LogP contribution in [0.4, 0.5) is 0 Å². The Kier molecular flexibility index (Phi) is 4.03. The maximum absolute atomic E-state index is 2.48. The van der Waals surface area contributed by atoms with Gasteiger partial charge in [-0.25, -0.2) is 0 Å². The molecule has 0 aromatic carbocycles. The zero-order valence-corrected chi connectivity index (χ0v) is 14.9. The van der Waals surface area contributed by atoms with Gasteiger partial charge >= 0.3 is 0 Å². The van der Waals surface area contributed by atoms with E-state index < -0.39 is 0 Å². The van der Waals surface area contributed by atoms with Crippen molar-refractivity contribution >= 4 is 0 Å². The summed E-state index contributed by atoms with van der Waals surface area (Å²) < 4.78 is 0. The fourth-order valence-electron chi connectivity index (χ4n) is 6.66. The lowest BCUT2D eigenvalue weighted by Crippen LogP contribution is -2.15. The zero-order valence-electron chi connectivity index (χ0n) is 14.9. The van der Waals surface area contributed by atoms with Gasteiger partial charge in [-0.2, -0.15) is 0 Å². The fourth-order valence-corrected chi connectivity index (χ4v) is 6.66. The van der Waals surface area contributed by atoms with Gasteiger partial charge in [0.15, 0.2) is 0 Å². The van der Waals surface area contributed by atoms with Crippen molar-refractivity contribution in [1.82, 2.24) is 0 Å². The summed E-state index contributed by atoms with van der Waals surface area (Å²) in [5.41, 5.74) is 0. The molecule has 0 radical (unpaired) electrons. The van der Waals surface area contributed by atoms with Gasteiger partial charge < -0.3 is 0 Å². The lowest BCUT2D eigenvalue weighted by molar-refractivity contribution is 0.336. The first-order chi connectivity index (χ1) is 11.9. The van der Waals surface area contributed by atoms with Crippen molar-refractivity contribution in [3.8, 4) is 0 Å². The summed E-state index contributed by atoms with van der Waals surface area (Å²) in [6, 6.07) is 0. The van der Waals surface area contributed by atoms with Crippen LogP contribution in [-0.4, -0.2) is 0 Å². The van der Waals surface area contributed by atoms with Crippen LogP contribution in [0.2, 0.25) is 0 Å². The molecule has 6 aliphatic carbocycles. The Morgan fingerprint density at radius 1 is 0.458 bits per heavy atom. The van der Waals surface area contributed by atoms with E-state index in [0.29, 0.717) is 0 Å². The fraction of sp³-hybridized carbons (Fsp3) is 0.667. The highest BCUT2D eigenvalue weighted by atomic mass is 14.4. The minimum Gasteiger partial charge on any atom is -0.0882 e. The zero-order chi connectivity index (χ0) is 15.9. The van der Waals surface area contributed by atoms with E-state index in [1.807, 2.05) is 0 Å².